The number of hydrogen-bond acceptors (Lipinski definition) is 6. The predicted octanol–water partition coefficient (Wildman–Crippen LogP) is 2.82. The maximum atomic E-state index is 13.3. The van der Waals surface area contributed by atoms with Gasteiger partial charge in [-0.2, -0.15) is 0 Å². The van der Waals surface area contributed by atoms with Gasteiger partial charge in [-0.25, -0.2) is 9.48 Å². The molecule has 3 heterocycles. The van der Waals surface area contributed by atoms with Crippen LogP contribution in [0.3, 0.4) is 0 Å². The van der Waals surface area contributed by atoms with E-state index in [0.29, 0.717) is 28.9 Å². The number of benzene rings is 2. The van der Waals surface area contributed by atoms with E-state index < -0.39 is 18.5 Å². The number of para-hydroxylation sites is 2. The summed E-state index contributed by atoms with van der Waals surface area (Å²) >= 11 is 0. The summed E-state index contributed by atoms with van der Waals surface area (Å²) in [7, 11) is 3.74. The fourth-order valence-electron chi connectivity index (χ4n) is 4.65. The molecule has 36 heavy (non-hydrogen) atoms. The van der Waals surface area contributed by atoms with Crippen LogP contribution in [-0.4, -0.2) is 51.3 Å². The zero-order valence-corrected chi connectivity index (χ0v) is 20.4. The third kappa shape index (κ3) is 4.18. The number of likely N-dealkylation sites (N-methyl/N-ethyl adjacent to an activating group) is 1. The van der Waals surface area contributed by atoms with Crippen molar-refractivity contribution < 1.29 is 14.3 Å². The second-order valence-electron chi connectivity index (χ2n) is 8.98. The zero-order valence-electron chi connectivity index (χ0n) is 20.4. The van der Waals surface area contributed by atoms with E-state index in [1.165, 1.54) is 4.68 Å². The predicted molar refractivity (Wildman–Crippen MR) is 136 cm³/mol. The molecule has 9 heteroatoms. The molecule has 0 saturated carbocycles. The third-order valence-corrected chi connectivity index (χ3v) is 6.59. The molecule has 5 rings (SSSR count). The van der Waals surface area contributed by atoms with Gasteiger partial charge in [-0.15, -0.1) is 0 Å². The highest BCUT2D eigenvalue weighted by molar-refractivity contribution is 6.06. The quantitative estimate of drug-likeness (QED) is 0.437. The van der Waals surface area contributed by atoms with Crippen molar-refractivity contribution in [3.8, 4) is 5.69 Å². The fourth-order valence-corrected chi connectivity index (χ4v) is 4.65. The smallest absolute Gasteiger partial charge is 0.339 e. The van der Waals surface area contributed by atoms with Crippen molar-refractivity contribution in [3.63, 3.8) is 0 Å². The number of nitrogens with zero attached hydrogens (tertiary/aromatic N) is 4. The zero-order chi connectivity index (χ0) is 25.4. The average Bonchev–Trinajstić information content (AvgIpc) is 3.09. The van der Waals surface area contributed by atoms with Gasteiger partial charge >= 0.3 is 5.97 Å². The van der Waals surface area contributed by atoms with Crippen molar-refractivity contribution in [1.29, 1.82) is 0 Å². The molecule has 4 aromatic rings. The van der Waals surface area contributed by atoms with Crippen LogP contribution in [0.5, 0.6) is 0 Å². The summed E-state index contributed by atoms with van der Waals surface area (Å²) in [5, 5.41) is 3.33. The van der Waals surface area contributed by atoms with E-state index in [0.717, 1.165) is 29.7 Å². The Morgan fingerprint density at radius 3 is 2.56 bits per heavy atom. The lowest BCUT2D eigenvalue weighted by atomic mass is 9.96. The Labute approximate surface area is 207 Å². The lowest BCUT2D eigenvalue weighted by molar-refractivity contribution is -0.119. The molecule has 1 amide bonds. The number of fused-ring (bicyclic) bond motifs is 2. The summed E-state index contributed by atoms with van der Waals surface area (Å²) < 4.78 is 8.61. The number of carbonyl (C=O) groups is 2. The van der Waals surface area contributed by atoms with Crippen molar-refractivity contribution in [2.45, 2.75) is 19.9 Å². The number of esters is 1. The van der Waals surface area contributed by atoms with E-state index in [4.69, 9.17) is 9.72 Å². The first kappa shape index (κ1) is 23.5. The van der Waals surface area contributed by atoms with Crippen LogP contribution in [0.1, 0.15) is 27.3 Å². The highest BCUT2D eigenvalue weighted by Gasteiger charge is 2.26. The Morgan fingerprint density at radius 1 is 1.06 bits per heavy atom. The van der Waals surface area contributed by atoms with Gasteiger partial charge in [0.25, 0.3) is 11.5 Å². The van der Waals surface area contributed by atoms with Crippen LogP contribution in [0.15, 0.2) is 59.4 Å². The van der Waals surface area contributed by atoms with Crippen molar-refractivity contribution in [1.82, 2.24) is 19.2 Å². The molecule has 184 valence electrons. The van der Waals surface area contributed by atoms with Crippen molar-refractivity contribution in [2.75, 3.05) is 25.5 Å². The Hall–Kier alpha value is -4.24. The fraction of sp³-hybridized carbons (Fsp3) is 0.259. The molecule has 0 saturated heterocycles. The Kier molecular flexibility index (Phi) is 6.15. The number of anilines is 1. The molecule has 0 aliphatic carbocycles. The van der Waals surface area contributed by atoms with Crippen LogP contribution in [0, 0.1) is 6.92 Å². The largest absolute Gasteiger partial charge is 0.452 e. The molecule has 0 unspecified atom stereocenters. The minimum atomic E-state index is -0.585. The van der Waals surface area contributed by atoms with E-state index in [1.807, 2.05) is 61.6 Å². The summed E-state index contributed by atoms with van der Waals surface area (Å²) in [6.07, 6.45) is 0.735. The number of nitrogens with one attached hydrogen (secondary N) is 1. The number of pyridine rings is 1. The molecule has 1 aliphatic rings. The van der Waals surface area contributed by atoms with E-state index in [9.17, 15) is 14.4 Å². The highest BCUT2D eigenvalue weighted by atomic mass is 16.5. The summed E-state index contributed by atoms with van der Waals surface area (Å²) in [6, 6.07) is 16.6. The molecular weight excluding hydrogens is 458 g/mol. The van der Waals surface area contributed by atoms with Crippen molar-refractivity contribution in [3.05, 3.63) is 87.5 Å². The standard InChI is InChI=1S/C27H27N5O4/c1-17-25(26(34)32(31(17)3)18-9-5-4-6-10-18)29-23(33)16-36-27(35)24-19-11-7-8-12-21(19)28-22-13-14-30(2)15-20(22)24/h4-12H,13-16H2,1-3H3,(H,29,33). The van der Waals surface area contributed by atoms with E-state index >= 15 is 0 Å². The first-order valence-corrected chi connectivity index (χ1v) is 11.7. The topological polar surface area (TPSA) is 98.5 Å². The molecular formula is C27H27N5O4. The molecule has 0 atom stereocenters. The van der Waals surface area contributed by atoms with Gasteiger partial charge in [-0.1, -0.05) is 36.4 Å². The number of aromatic nitrogens is 3. The van der Waals surface area contributed by atoms with Crippen LogP contribution < -0.4 is 10.9 Å². The first-order chi connectivity index (χ1) is 17.3. The summed E-state index contributed by atoms with van der Waals surface area (Å²) in [4.78, 5) is 45.9. The Morgan fingerprint density at radius 2 is 1.78 bits per heavy atom. The normalized spacial score (nSPS) is 13.4. The van der Waals surface area contributed by atoms with E-state index in [1.54, 1.807) is 18.7 Å². The second kappa shape index (κ2) is 9.43. The lowest BCUT2D eigenvalue weighted by Gasteiger charge is -2.26. The molecule has 9 nitrogen and oxygen atoms in total. The van der Waals surface area contributed by atoms with Gasteiger partial charge in [0.15, 0.2) is 6.61 Å². The summed E-state index contributed by atoms with van der Waals surface area (Å²) in [5.41, 5.74) is 3.92. The molecule has 2 aromatic heterocycles. The lowest BCUT2D eigenvalue weighted by Crippen LogP contribution is -2.30. The van der Waals surface area contributed by atoms with Crippen LogP contribution in [0.4, 0.5) is 5.69 Å². The van der Waals surface area contributed by atoms with Crippen LogP contribution in [-0.2, 0) is 29.5 Å². The van der Waals surface area contributed by atoms with Gasteiger partial charge < -0.3 is 15.0 Å². The van der Waals surface area contributed by atoms with Gasteiger partial charge in [0.05, 0.1) is 22.5 Å². The number of carbonyl (C=O) groups excluding carboxylic acids is 2. The number of ether oxygens (including phenoxy) is 1. The third-order valence-electron chi connectivity index (χ3n) is 6.59. The maximum absolute atomic E-state index is 13.3. The van der Waals surface area contributed by atoms with E-state index in [2.05, 4.69) is 10.2 Å². The number of rotatable bonds is 5. The maximum Gasteiger partial charge on any atom is 0.339 e. The van der Waals surface area contributed by atoms with Crippen molar-refractivity contribution in [2.24, 2.45) is 7.05 Å². The number of amides is 1. The second-order valence-corrected chi connectivity index (χ2v) is 8.98. The molecule has 0 spiro atoms. The van der Waals surface area contributed by atoms with Crippen LogP contribution in [0.25, 0.3) is 16.6 Å². The summed E-state index contributed by atoms with van der Waals surface area (Å²) in [6.45, 7) is 2.66. The van der Waals surface area contributed by atoms with Gasteiger partial charge in [0.1, 0.15) is 5.69 Å². The number of hydrogen-bond donors (Lipinski definition) is 1. The molecule has 1 N–H and O–H groups in total. The molecule has 0 radical (unpaired) electrons. The van der Waals surface area contributed by atoms with Crippen molar-refractivity contribution >= 4 is 28.5 Å². The minimum absolute atomic E-state index is 0.149. The molecule has 2 aromatic carbocycles. The van der Waals surface area contributed by atoms with Gasteiger partial charge in [0, 0.05) is 43.2 Å². The SMILES string of the molecule is Cc1c(NC(=O)COC(=O)c2c3c(nc4ccccc24)CCN(C)C3)c(=O)n(-c2ccccc2)n1C. The Balaban J connectivity index is 1.38. The average molecular weight is 486 g/mol. The van der Waals surface area contributed by atoms with Crippen LogP contribution in [0.2, 0.25) is 0 Å². The Bertz CT molecular complexity index is 1540. The summed E-state index contributed by atoms with van der Waals surface area (Å²) in [5.74, 6) is -1.17. The van der Waals surface area contributed by atoms with E-state index in [-0.39, 0.29) is 11.2 Å². The molecule has 0 bridgehead atoms. The monoisotopic (exact) mass is 485 g/mol. The highest BCUT2D eigenvalue weighted by Crippen LogP contribution is 2.28. The van der Waals surface area contributed by atoms with Crippen LogP contribution >= 0.6 is 0 Å². The first-order valence-electron chi connectivity index (χ1n) is 11.7. The molecule has 1 aliphatic heterocycles. The minimum Gasteiger partial charge on any atom is -0.452 e. The van der Waals surface area contributed by atoms with Gasteiger partial charge in [-0.05, 0) is 32.2 Å². The van der Waals surface area contributed by atoms with Gasteiger partial charge in [-0.3, -0.25) is 19.3 Å². The molecule has 0 fully saturated rings. The van der Waals surface area contributed by atoms with Gasteiger partial charge in [0.2, 0.25) is 0 Å².